The minimum atomic E-state index is 0.913. The molecular formula is C46H30N4. The number of anilines is 3. The summed E-state index contributed by atoms with van der Waals surface area (Å²) >= 11 is 0. The molecule has 8 aromatic carbocycles. The fraction of sp³-hybridized carbons (Fsp3) is 0. The van der Waals surface area contributed by atoms with Crippen LogP contribution in [0.25, 0.3) is 71.2 Å². The van der Waals surface area contributed by atoms with E-state index in [1.54, 1.807) is 12.4 Å². The summed E-state index contributed by atoms with van der Waals surface area (Å²) in [5, 5.41) is 7.00. The van der Waals surface area contributed by atoms with Crippen molar-refractivity contribution >= 4 is 71.4 Å². The van der Waals surface area contributed by atoms with Gasteiger partial charge in [-0.25, -0.2) is 0 Å². The topological polar surface area (TPSA) is 34.0 Å². The highest BCUT2D eigenvalue weighted by atomic mass is 15.1. The van der Waals surface area contributed by atoms with E-state index in [1.165, 1.54) is 32.9 Å². The largest absolute Gasteiger partial charge is 0.310 e. The first-order valence-corrected chi connectivity index (χ1v) is 16.9. The molecular weight excluding hydrogens is 609 g/mol. The highest BCUT2D eigenvalue weighted by Crippen LogP contribution is 2.41. The number of benzene rings is 8. The number of hydrogen-bond donors (Lipinski definition) is 0. The highest BCUT2D eigenvalue weighted by molar-refractivity contribution is 6.24. The maximum absolute atomic E-state index is 4.83. The van der Waals surface area contributed by atoms with Gasteiger partial charge in [0.15, 0.2) is 0 Å². The lowest BCUT2D eigenvalue weighted by Gasteiger charge is -2.26. The molecule has 0 aliphatic heterocycles. The lowest BCUT2D eigenvalue weighted by molar-refractivity contribution is 1.17. The molecule has 10 rings (SSSR count). The number of hydrogen-bond acceptors (Lipinski definition) is 3. The van der Waals surface area contributed by atoms with Crippen LogP contribution in [-0.2, 0) is 0 Å². The third-order valence-electron chi connectivity index (χ3n) is 9.85. The SMILES string of the molecule is c1ccc(-c2ccc3c(c2)c2cc(N(c4ccccc4)c4ccc(-n5c6ccccc6c6ccccc65)cc4)ccc2c2nccnc32)cc1. The molecule has 4 heteroatoms. The lowest BCUT2D eigenvalue weighted by atomic mass is 9.95. The predicted molar refractivity (Wildman–Crippen MR) is 209 cm³/mol. The first-order valence-electron chi connectivity index (χ1n) is 16.9. The van der Waals surface area contributed by atoms with Crippen molar-refractivity contribution in [2.75, 3.05) is 4.90 Å². The van der Waals surface area contributed by atoms with Crippen LogP contribution in [0.3, 0.4) is 0 Å². The van der Waals surface area contributed by atoms with Crippen LogP contribution < -0.4 is 4.90 Å². The third-order valence-corrected chi connectivity index (χ3v) is 9.85. The predicted octanol–water partition coefficient (Wildman–Crippen LogP) is 12.2. The minimum Gasteiger partial charge on any atom is -0.310 e. The molecule has 234 valence electrons. The van der Waals surface area contributed by atoms with Gasteiger partial charge in [-0.2, -0.15) is 0 Å². The minimum absolute atomic E-state index is 0.913. The standard InChI is InChI=1S/C46H30N4/c1-3-11-31(12-4-1)32-19-25-39-41(29-32)42-30-36(24-26-40(42)46-45(39)47-27-28-48-46)49(33-13-5-2-6-14-33)34-20-22-35(23-21-34)50-43-17-9-7-15-37(43)38-16-8-10-18-44(38)50/h1-30H. The van der Waals surface area contributed by atoms with Gasteiger partial charge in [-0.15, -0.1) is 0 Å². The van der Waals surface area contributed by atoms with Gasteiger partial charge in [-0.1, -0.05) is 103 Å². The van der Waals surface area contributed by atoms with Crippen LogP contribution in [0.4, 0.5) is 17.1 Å². The maximum atomic E-state index is 4.83. The molecule has 4 nitrogen and oxygen atoms in total. The fourth-order valence-electron chi connectivity index (χ4n) is 7.59. The smallest absolute Gasteiger partial charge is 0.0971 e. The molecule has 2 aromatic heterocycles. The molecule has 0 fully saturated rings. The van der Waals surface area contributed by atoms with E-state index in [-0.39, 0.29) is 0 Å². The number of rotatable bonds is 5. The van der Waals surface area contributed by atoms with Gasteiger partial charge in [-0.05, 0) is 88.6 Å². The van der Waals surface area contributed by atoms with E-state index >= 15 is 0 Å². The lowest BCUT2D eigenvalue weighted by Crippen LogP contribution is -2.10. The van der Waals surface area contributed by atoms with Crippen LogP contribution in [0, 0.1) is 0 Å². The summed E-state index contributed by atoms with van der Waals surface area (Å²) in [6, 6.07) is 60.8. The van der Waals surface area contributed by atoms with Gasteiger partial charge in [0, 0.05) is 56.7 Å². The second-order valence-electron chi connectivity index (χ2n) is 12.7. The van der Waals surface area contributed by atoms with Crippen molar-refractivity contribution in [3.05, 3.63) is 182 Å². The van der Waals surface area contributed by atoms with E-state index in [0.717, 1.165) is 55.3 Å². The molecule has 0 radical (unpaired) electrons. The van der Waals surface area contributed by atoms with Gasteiger partial charge < -0.3 is 9.47 Å². The Morgan fingerprint density at radius 1 is 0.360 bits per heavy atom. The van der Waals surface area contributed by atoms with Crippen molar-refractivity contribution < 1.29 is 0 Å². The zero-order valence-corrected chi connectivity index (χ0v) is 27.1. The number of aromatic nitrogens is 3. The van der Waals surface area contributed by atoms with Gasteiger partial charge in [0.1, 0.15) is 0 Å². The van der Waals surface area contributed by atoms with Crippen molar-refractivity contribution in [3.8, 4) is 16.8 Å². The maximum Gasteiger partial charge on any atom is 0.0971 e. The molecule has 2 heterocycles. The first-order chi connectivity index (χ1) is 24.8. The summed E-state index contributed by atoms with van der Waals surface area (Å²) in [7, 11) is 0. The molecule has 0 spiro atoms. The number of fused-ring (bicyclic) bond motifs is 9. The van der Waals surface area contributed by atoms with Crippen LogP contribution in [0.15, 0.2) is 182 Å². The zero-order valence-electron chi connectivity index (χ0n) is 27.1. The van der Waals surface area contributed by atoms with Gasteiger partial charge in [0.05, 0.1) is 22.1 Å². The Morgan fingerprint density at radius 2 is 0.880 bits per heavy atom. The summed E-state index contributed by atoms with van der Waals surface area (Å²) < 4.78 is 2.36. The summed E-state index contributed by atoms with van der Waals surface area (Å²) in [6.45, 7) is 0. The van der Waals surface area contributed by atoms with Gasteiger partial charge in [0.25, 0.3) is 0 Å². The zero-order chi connectivity index (χ0) is 33.0. The van der Waals surface area contributed by atoms with E-state index in [9.17, 15) is 0 Å². The van der Waals surface area contributed by atoms with E-state index in [0.29, 0.717) is 0 Å². The van der Waals surface area contributed by atoms with Crippen molar-refractivity contribution in [3.63, 3.8) is 0 Å². The van der Waals surface area contributed by atoms with Crippen LogP contribution >= 0.6 is 0 Å². The number of nitrogens with zero attached hydrogens (tertiary/aromatic N) is 4. The molecule has 10 aromatic rings. The Balaban J connectivity index is 1.17. The Kier molecular flexibility index (Phi) is 6.46. The van der Waals surface area contributed by atoms with Gasteiger partial charge in [0.2, 0.25) is 0 Å². The first kappa shape index (κ1) is 28.3. The normalized spacial score (nSPS) is 11.6. The Morgan fingerprint density at radius 3 is 1.54 bits per heavy atom. The van der Waals surface area contributed by atoms with Crippen molar-refractivity contribution in [1.29, 1.82) is 0 Å². The monoisotopic (exact) mass is 638 g/mol. The molecule has 0 amide bonds. The summed E-state index contributed by atoms with van der Waals surface area (Å²) in [5.74, 6) is 0. The van der Waals surface area contributed by atoms with Gasteiger partial charge in [-0.3, -0.25) is 9.97 Å². The Bertz CT molecular complexity index is 2800. The molecule has 0 saturated carbocycles. The van der Waals surface area contributed by atoms with E-state index in [2.05, 4.69) is 179 Å². The average molecular weight is 639 g/mol. The van der Waals surface area contributed by atoms with Crippen LogP contribution in [0.2, 0.25) is 0 Å². The summed E-state index contributed by atoms with van der Waals surface area (Å²) in [5.41, 5.74) is 11.0. The van der Waals surface area contributed by atoms with Crippen molar-refractivity contribution in [2.24, 2.45) is 0 Å². The van der Waals surface area contributed by atoms with Gasteiger partial charge >= 0.3 is 0 Å². The molecule has 0 saturated heterocycles. The quantitative estimate of drug-likeness (QED) is 0.176. The second-order valence-corrected chi connectivity index (χ2v) is 12.7. The molecule has 0 atom stereocenters. The Hall–Kier alpha value is -6.78. The molecule has 0 unspecified atom stereocenters. The number of para-hydroxylation sites is 3. The highest BCUT2D eigenvalue weighted by Gasteiger charge is 2.18. The van der Waals surface area contributed by atoms with E-state index in [1.807, 2.05) is 0 Å². The van der Waals surface area contributed by atoms with Crippen LogP contribution in [-0.4, -0.2) is 14.5 Å². The van der Waals surface area contributed by atoms with E-state index in [4.69, 9.17) is 9.97 Å². The molecule has 50 heavy (non-hydrogen) atoms. The Labute approximate surface area is 289 Å². The summed E-state index contributed by atoms with van der Waals surface area (Å²) in [6.07, 6.45) is 3.57. The average Bonchev–Trinajstić information content (AvgIpc) is 3.53. The third kappa shape index (κ3) is 4.46. The second kappa shape index (κ2) is 11.4. The van der Waals surface area contributed by atoms with Crippen LogP contribution in [0.5, 0.6) is 0 Å². The van der Waals surface area contributed by atoms with E-state index < -0.39 is 0 Å². The molecule has 0 bridgehead atoms. The van der Waals surface area contributed by atoms with Crippen molar-refractivity contribution in [1.82, 2.24) is 14.5 Å². The fourth-order valence-corrected chi connectivity index (χ4v) is 7.59. The van der Waals surface area contributed by atoms with Crippen molar-refractivity contribution in [2.45, 2.75) is 0 Å². The molecule has 0 N–H and O–H groups in total. The molecule has 0 aliphatic rings. The van der Waals surface area contributed by atoms with Crippen LogP contribution in [0.1, 0.15) is 0 Å². The summed E-state index contributed by atoms with van der Waals surface area (Å²) in [4.78, 5) is 12.0. The molecule has 0 aliphatic carbocycles.